The van der Waals surface area contributed by atoms with Gasteiger partial charge >= 0.3 is 5.97 Å². The fourth-order valence-electron chi connectivity index (χ4n) is 3.87. The van der Waals surface area contributed by atoms with Crippen LogP contribution in [-0.4, -0.2) is 42.5 Å². The Kier molecular flexibility index (Phi) is 6.61. The Morgan fingerprint density at radius 1 is 1.10 bits per heavy atom. The molecule has 1 fully saturated rings. The molecule has 30 heavy (non-hydrogen) atoms. The number of hydrogen-bond acceptors (Lipinski definition) is 5. The standard InChI is InChI=1S/C23H27NO5S/c1-16(2)24-20(13-14-21(24)25)22(23(26)29-15-18-7-5-4-6-8-18)30(27,28)19-11-9-17(3)10-12-19/h4-12,16,20,22H,13-15H2,1-3H3/t20-,22+/m0/s1. The van der Waals surface area contributed by atoms with Crippen molar-refractivity contribution < 1.29 is 22.7 Å². The Bertz CT molecular complexity index is 1000. The van der Waals surface area contributed by atoms with Gasteiger partial charge in [0.2, 0.25) is 5.91 Å². The third kappa shape index (κ3) is 4.56. The molecule has 1 saturated heterocycles. The monoisotopic (exact) mass is 429 g/mol. The van der Waals surface area contributed by atoms with E-state index in [4.69, 9.17) is 4.74 Å². The van der Waals surface area contributed by atoms with Gasteiger partial charge in [0.25, 0.3) is 0 Å². The Hall–Kier alpha value is -2.67. The number of likely N-dealkylation sites (tertiary alicyclic amines) is 1. The van der Waals surface area contributed by atoms with E-state index in [0.29, 0.717) is 6.42 Å². The average Bonchev–Trinajstić information content (AvgIpc) is 3.08. The Morgan fingerprint density at radius 2 is 1.73 bits per heavy atom. The van der Waals surface area contributed by atoms with Crippen molar-refractivity contribution in [3.63, 3.8) is 0 Å². The molecule has 6 nitrogen and oxygen atoms in total. The number of carbonyl (C=O) groups is 2. The second-order valence-electron chi connectivity index (χ2n) is 7.87. The first-order chi connectivity index (χ1) is 14.2. The van der Waals surface area contributed by atoms with Crippen molar-refractivity contribution in [2.45, 2.75) is 62.4 Å². The van der Waals surface area contributed by atoms with Gasteiger partial charge in [0.1, 0.15) is 6.61 Å². The summed E-state index contributed by atoms with van der Waals surface area (Å²) in [6, 6.07) is 14.5. The fourth-order valence-corrected chi connectivity index (χ4v) is 5.68. The molecule has 0 N–H and O–H groups in total. The van der Waals surface area contributed by atoms with Crippen LogP contribution in [-0.2, 0) is 30.8 Å². The van der Waals surface area contributed by atoms with Crippen molar-refractivity contribution in [1.29, 1.82) is 0 Å². The molecule has 2 aromatic rings. The number of nitrogens with zero attached hydrogens (tertiary/aromatic N) is 1. The maximum absolute atomic E-state index is 13.5. The lowest BCUT2D eigenvalue weighted by molar-refractivity contribution is -0.146. The molecule has 1 heterocycles. The third-order valence-electron chi connectivity index (χ3n) is 5.35. The maximum atomic E-state index is 13.5. The van der Waals surface area contributed by atoms with Crippen LogP contribution in [0, 0.1) is 6.92 Å². The molecule has 0 bridgehead atoms. The number of esters is 1. The molecule has 3 rings (SSSR count). The maximum Gasteiger partial charge on any atom is 0.327 e. The molecular weight excluding hydrogens is 402 g/mol. The first-order valence-electron chi connectivity index (χ1n) is 10.0. The van der Waals surface area contributed by atoms with Crippen molar-refractivity contribution in [3.8, 4) is 0 Å². The fraction of sp³-hybridized carbons (Fsp3) is 0.391. The predicted octanol–water partition coefficient (Wildman–Crippen LogP) is 3.28. The molecule has 0 spiro atoms. The Balaban J connectivity index is 1.96. The van der Waals surface area contributed by atoms with E-state index in [2.05, 4.69) is 0 Å². The molecule has 1 aliphatic heterocycles. The van der Waals surface area contributed by atoms with Crippen LogP contribution in [0.25, 0.3) is 0 Å². The van der Waals surface area contributed by atoms with Crippen LogP contribution in [0.1, 0.15) is 37.8 Å². The van der Waals surface area contributed by atoms with E-state index >= 15 is 0 Å². The summed E-state index contributed by atoms with van der Waals surface area (Å²) in [5.41, 5.74) is 1.68. The van der Waals surface area contributed by atoms with Gasteiger partial charge in [-0.1, -0.05) is 48.0 Å². The van der Waals surface area contributed by atoms with E-state index in [9.17, 15) is 18.0 Å². The first kappa shape index (κ1) is 22.0. The van der Waals surface area contributed by atoms with E-state index in [1.54, 1.807) is 24.3 Å². The number of amides is 1. The van der Waals surface area contributed by atoms with E-state index in [-0.39, 0.29) is 29.9 Å². The molecule has 160 valence electrons. The largest absolute Gasteiger partial charge is 0.460 e. The van der Waals surface area contributed by atoms with Crippen molar-refractivity contribution >= 4 is 21.7 Å². The topological polar surface area (TPSA) is 80.7 Å². The lowest BCUT2D eigenvalue weighted by Gasteiger charge is -2.33. The smallest absolute Gasteiger partial charge is 0.327 e. The normalized spacial score (nSPS) is 17.9. The molecule has 0 aliphatic carbocycles. The summed E-state index contributed by atoms with van der Waals surface area (Å²) in [4.78, 5) is 27.1. The highest BCUT2D eigenvalue weighted by Crippen LogP contribution is 2.31. The van der Waals surface area contributed by atoms with E-state index < -0.39 is 27.1 Å². The zero-order chi connectivity index (χ0) is 21.9. The van der Waals surface area contributed by atoms with Gasteiger partial charge in [-0.15, -0.1) is 0 Å². The zero-order valence-electron chi connectivity index (χ0n) is 17.4. The summed E-state index contributed by atoms with van der Waals surface area (Å²) in [7, 11) is -4.06. The molecule has 0 radical (unpaired) electrons. The summed E-state index contributed by atoms with van der Waals surface area (Å²) in [5.74, 6) is -0.972. The molecule has 2 aromatic carbocycles. The lowest BCUT2D eigenvalue weighted by atomic mass is 10.1. The minimum absolute atomic E-state index is 0.0259. The van der Waals surface area contributed by atoms with Crippen LogP contribution in [0.2, 0.25) is 0 Å². The number of sulfone groups is 1. The molecule has 0 aromatic heterocycles. The van der Waals surface area contributed by atoms with E-state index in [0.717, 1.165) is 11.1 Å². The number of ether oxygens (including phenoxy) is 1. The molecule has 1 aliphatic rings. The number of carbonyl (C=O) groups excluding carboxylic acids is 2. The Labute approximate surface area is 177 Å². The molecule has 2 atom stereocenters. The van der Waals surface area contributed by atoms with Crippen LogP contribution in [0.3, 0.4) is 0 Å². The summed E-state index contributed by atoms with van der Waals surface area (Å²) in [6.45, 7) is 5.47. The predicted molar refractivity (Wildman–Crippen MR) is 113 cm³/mol. The number of benzene rings is 2. The summed E-state index contributed by atoms with van der Waals surface area (Å²) in [6.07, 6.45) is 0.516. The van der Waals surface area contributed by atoms with Crippen molar-refractivity contribution in [2.75, 3.05) is 0 Å². The number of rotatable bonds is 7. The van der Waals surface area contributed by atoms with Crippen LogP contribution >= 0.6 is 0 Å². The quantitative estimate of drug-likeness (QED) is 0.631. The van der Waals surface area contributed by atoms with Gasteiger partial charge < -0.3 is 9.64 Å². The minimum Gasteiger partial charge on any atom is -0.460 e. The van der Waals surface area contributed by atoms with Gasteiger partial charge in [0, 0.05) is 12.5 Å². The van der Waals surface area contributed by atoms with Crippen LogP contribution in [0.4, 0.5) is 0 Å². The SMILES string of the molecule is Cc1ccc(S(=O)(=O)[C@@H](C(=O)OCc2ccccc2)[C@@H]2CCC(=O)N2C(C)C)cc1. The summed E-state index contributed by atoms with van der Waals surface area (Å²) >= 11 is 0. The zero-order valence-corrected chi connectivity index (χ0v) is 18.3. The third-order valence-corrected chi connectivity index (χ3v) is 7.45. The highest BCUT2D eigenvalue weighted by Gasteiger charge is 2.49. The minimum atomic E-state index is -4.06. The van der Waals surface area contributed by atoms with Gasteiger partial charge in [-0.2, -0.15) is 0 Å². The molecule has 0 saturated carbocycles. The molecular formula is C23H27NO5S. The highest BCUT2D eigenvalue weighted by molar-refractivity contribution is 7.92. The second-order valence-corrected chi connectivity index (χ2v) is 9.94. The number of hydrogen-bond donors (Lipinski definition) is 0. The first-order valence-corrected chi connectivity index (χ1v) is 11.6. The van der Waals surface area contributed by atoms with Gasteiger partial charge in [0.15, 0.2) is 15.1 Å². The molecule has 1 amide bonds. The van der Waals surface area contributed by atoms with E-state index in [1.807, 2.05) is 39.0 Å². The number of aryl methyl sites for hydroxylation is 1. The highest BCUT2D eigenvalue weighted by atomic mass is 32.2. The van der Waals surface area contributed by atoms with Gasteiger partial charge in [-0.3, -0.25) is 9.59 Å². The van der Waals surface area contributed by atoms with Gasteiger partial charge in [-0.25, -0.2) is 8.42 Å². The summed E-state index contributed by atoms with van der Waals surface area (Å²) in [5, 5.41) is -1.47. The van der Waals surface area contributed by atoms with Crippen molar-refractivity contribution in [1.82, 2.24) is 4.90 Å². The van der Waals surface area contributed by atoms with Crippen LogP contribution < -0.4 is 0 Å². The second kappa shape index (κ2) is 9.00. The van der Waals surface area contributed by atoms with E-state index in [1.165, 1.54) is 17.0 Å². The average molecular weight is 430 g/mol. The van der Waals surface area contributed by atoms with Crippen LogP contribution in [0.15, 0.2) is 59.5 Å². The van der Waals surface area contributed by atoms with Gasteiger partial charge in [0.05, 0.1) is 10.9 Å². The van der Waals surface area contributed by atoms with Crippen LogP contribution in [0.5, 0.6) is 0 Å². The molecule has 7 heteroatoms. The van der Waals surface area contributed by atoms with Crippen molar-refractivity contribution in [3.05, 3.63) is 65.7 Å². The van der Waals surface area contributed by atoms with Crippen molar-refractivity contribution in [2.24, 2.45) is 0 Å². The lowest BCUT2D eigenvalue weighted by Crippen LogP contribution is -2.51. The summed E-state index contributed by atoms with van der Waals surface area (Å²) < 4.78 is 32.5. The Morgan fingerprint density at radius 3 is 2.33 bits per heavy atom. The van der Waals surface area contributed by atoms with Gasteiger partial charge in [-0.05, 0) is 44.9 Å². The molecule has 0 unspecified atom stereocenters.